The summed E-state index contributed by atoms with van der Waals surface area (Å²) in [4.78, 5) is 0. The molecule has 0 saturated carbocycles. The summed E-state index contributed by atoms with van der Waals surface area (Å²) in [6.45, 7) is 2.18. The maximum absolute atomic E-state index is 2.26. The second-order valence-corrected chi connectivity index (χ2v) is 2.87. The number of rotatable bonds is 0. The van der Waals surface area contributed by atoms with Crippen molar-refractivity contribution in [1.82, 2.24) is 0 Å². The van der Waals surface area contributed by atoms with Gasteiger partial charge in [-0.2, -0.15) is 0 Å². The number of hydrogen-bond acceptors (Lipinski definition) is 0. The third-order valence-corrected chi connectivity index (χ3v) is 1.93. The zero-order valence-electron chi connectivity index (χ0n) is 7.09. The van der Waals surface area contributed by atoms with Crippen LogP contribution in [0.25, 0.3) is 6.08 Å². The van der Waals surface area contributed by atoms with Crippen LogP contribution in [0.1, 0.15) is 18.1 Å². The Morgan fingerprint density at radius 2 is 1.91 bits per heavy atom. The number of benzene rings is 1. The molecule has 0 aliphatic heterocycles. The van der Waals surface area contributed by atoms with Crippen LogP contribution in [0.3, 0.4) is 0 Å². The van der Waals surface area contributed by atoms with Crippen LogP contribution in [0.5, 0.6) is 0 Å². The summed E-state index contributed by atoms with van der Waals surface area (Å²) < 4.78 is 0. The Morgan fingerprint density at radius 3 is 2.64 bits per heavy atom. The van der Waals surface area contributed by atoms with Crippen molar-refractivity contribution in [2.75, 3.05) is 0 Å². The van der Waals surface area contributed by atoms with Crippen molar-refractivity contribution < 1.29 is 0 Å². The number of fused-ring (bicyclic) bond motifs is 1. The third-order valence-electron chi connectivity index (χ3n) is 1.93. The molecule has 1 aliphatic carbocycles. The van der Waals surface area contributed by atoms with Crippen LogP contribution in [-0.2, 0) is 6.42 Å². The molecule has 0 atom stereocenters. The molecule has 0 unspecified atom stereocenters. The van der Waals surface area contributed by atoms with Crippen LogP contribution >= 0.6 is 0 Å². The van der Waals surface area contributed by atoms with E-state index in [0.29, 0.717) is 0 Å². The van der Waals surface area contributed by atoms with E-state index in [1.54, 1.807) is 0 Å². The van der Waals surface area contributed by atoms with Gasteiger partial charge in [0.25, 0.3) is 0 Å². The zero-order valence-corrected chi connectivity index (χ0v) is 7.09. The maximum Gasteiger partial charge on any atom is 0 e. The molecule has 0 nitrogen and oxygen atoms in total. The fourth-order valence-electron chi connectivity index (χ4n) is 1.45. The van der Waals surface area contributed by atoms with Crippen molar-refractivity contribution in [1.29, 1.82) is 0 Å². The minimum atomic E-state index is 0. The van der Waals surface area contributed by atoms with E-state index in [2.05, 4.69) is 37.3 Å². The van der Waals surface area contributed by atoms with Gasteiger partial charge >= 0.3 is 0 Å². The van der Waals surface area contributed by atoms with Gasteiger partial charge in [0.1, 0.15) is 0 Å². The molecule has 0 spiro atoms. The molecule has 1 heteroatoms. The predicted molar refractivity (Wildman–Crippen MR) is 49.6 cm³/mol. The Labute approximate surface area is 79.5 Å². The monoisotopic (exact) mass is 137 g/mol. The van der Waals surface area contributed by atoms with Gasteiger partial charge in [-0.3, -0.25) is 0 Å². The molecule has 2 rings (SSSR count). The van der Waals surface area contributed by atoms with Gasteiger partial charge in [0.15, 0.2) is 0 Å². The standard InChI is InChI=1S/C10H10.Li/c1-8-6-9-4-2-3-5-10(9)7-8;/h2-6H,7H2,1H3;. The summed E-state index contributed by atoms with van der Waals surface area (Å²) >= 11 is 0. The summed E-state index contributed by atoms with van der Waals surface area (Å²) in [6, 6.07) is 8.56. The van der Waals surface area contributed by atoms with E-state index in [4.69, 9.17) is 0 Å². The van der Waals surface area contributed by atoms with Crippen molar-refractivity contribution >= 4 is 24.9 Å². The summed E-state index contributed by atoms with van der Waals surface area (Å²) in [5.41, 5.74) is 4.35. The number of hydrogen-bond donors (Lipinski definition) is 0. The second kappa shape index (κ2) is 3.30. The molecule has 1 aliphatic rings. The topological polar surface area (TPSA) is 0 Å². The maximum atomic E-state index is 2.26. The van der Waals surface area contributed by atoms with E-state index in [1.165, 1.54) is 16.7 Å². The Hall–Kier alpha value is -0.443. The Kier molecular flexibility index (Phi) is 2.60. The molecule has 1 radical (unpaired) electrons. The molecule has 1 aromatic carbocycles. The normalized spacial score (nSPS) is 13.4. The van der Waals surface area contributed by atoms with Crippen LogP contribution < -0.4 is 0 Å². The van der Waals surface area contributed by atoms with E-state index in [0.717, 1.165) is 6.42 Å². The molecule has 0 N–H and O–H groups in total. The third kappa shape index (κ3) is 1.59. The summed E-state index contributed by atoms with van der Waals surface area (Å²) in [5, 5.41) is 0. The zero-order chi connectivity index (χ0) is 6.97. The van der Waals surface area contributed by atoms with Gasteiger partial charge in [0.05, 0.1) is 0 Å². The Morgan fingerprint density at radius 1 is 1.18 bits per heavy atom. The van der Waals surface area contributed by atoms with Crippen LogP contribution in [0, 0.1) is 0 Å². The molecule has 51 valence electrons. The van der Waals surface area contributed by atoms with Gasteiger partial charge in [-0.15, -0.1) is 0 Å². The Bertz CT molecular complexity index is 287. The molecule has 0 saturated heterocycles. The van der Waals surface area contributed by atoms with Gasteiger partial charge in [0.2, 0.25) is 0 Å². The molecule has 0 heterocycles. The van der Waals surface area contributed by atoms with Crippen molar-refractivity contribution in [2.24, 2.45) is 0 Å². The smallest absolute Gasteiger partial charge is 0 e. The van der Waals surface area contributed by atoms with Gasteiger partial charge in [-0.1, -0.05) is 35.9 Å². The second-order valence-electron chi connectivity index (χ2n) is 2.87. The van der Waals surface area contributed by atoms with Gasteiger partial charge in [-0.25, -0.2) is 0 Å². The number of allylic oxidation sites excluding steroid dienone is 1. The summed E-state index contributed by atoms with van der Waals surface area (Å²) in [7, 11) is 0. The minimum absolute atomic E-state index is 0. The Balaban J connectivity index is 0.000000605. The molecule has 0 amide bonds. The minimum Gasteiger partial charge on any atom is -0.0683 e. The van der Waals surface area contributed by atoms with Crippen LogP contribution in [0.2, 0.25) is 0 Å². The average molecular weight is 137 g/mol. The first-order chi connectivity index (χ1) is 4.86. The van der Waals surface area contributed by atoms with E-state index >= 15 is 0 Å². The van der Waals surface area contributed by atoms with Crippen molar-refractivity contribution in [3.8, 4) is 0 Å². The van der Waals surface area contributed by atoms with Gasteiger partial charge < -0.3 is 0 Å². The van der Waals surface area contributed by atoms with E-state index in [1.807, 2.05) is 0 Å². The van der Waals surface area contributed by atoms with Crippen molar-refractivity contribution in [3.05, 3.63) is 41.0 Å². The fourth-order valence-corrected chi connectivity index (χ4v) is 1.45. The van der Waals surface area contributed by atoms with Crippen LogP contribution in [0.4, 0.5) is 0 Å². The largest absolute Gasteiger partial charge is 0.0683 e. The molecular formula is C10H10Li. The van der Waals surface area contributed by atoms with Crippen molar-refractivity contribution in [2.45, 2.75) is 13.3 Å². The summed E-state index contributed by atoms with van der Waals surface area (Å²) in [6.07, 6.45) is 3.41. The average Bonchev–Trinajstić information content (AvgIpc) is 2.27. The molecule has 0 bridgehead atoms. The van der Waals surface area contributed by atoms with Gasteiger partial charge in [-0.05, 0) is 24.5 Å². The molecular weight excluding hydrogens is 127 g/mol. The molecule has 11 heavy (non-hydrogen) atoms. The first-order valence-electron chi connectivity index (χ1n) is 3.61. The first-order valence-corrected chi connectivity index (χ1v) is 3.61. The van der Waals surface area contributed by atoms with E-state index < -0.39 is 0 Å². The van der Waals surface area contributed by atoms with Crippen molar-refractivity contribution in [3.63, 3.8) is 0 Å². The fraction of sp³-hybridized carbons (Fsp3) is 0.200. The SMILES string of the molecule is CC1=Cc2ccccc2C1.[Li]. The molecule has 1 aromatic rings. The molecule has 0 fully saturated rings. The predicted octanol–water partition coefficient (Wildman–Crippen LogP) is 2.27. The van der Waals surface area contributed by atoms with E-state index in [9.17, 15) is 0 Å². The van der Waals surface area contributed by atoms with Crippen LogP contribution in [0.15, 0.2) is 29.8 Å². The van der Waals surface area contributed by atoms with Crippen LogP contribution in [-0.4, -0.2) is 18.9 Å². The van der Waals surface area contributed by atoms with Gasteiger partial charge in [0, 0.05) is 18.9 Å². The van der Waals surface area contributed by atoms with E-state index in [-0.39, 0.29) is 18.9 Å². The first kappa shape index (κ1) is 8.65. The summed E-state index contributed by atoms with van der Waals surface area (Å²) in [5.74, 6) is 0. The quantitative estimate of drug-likeness (QED) is 0.481. The molecule has 0 aromatic heterocycles.